The summed E-state index contributed by atoms with van der Waals surface area (Å²) in [6, 6.07) is 16.2. The summed E-state index contributed by atoms with van der Waals surface area (Å²) in [6.45, 7) is 4.60. The van der Waals surface area contributed by atoms with Crippen LogP contribution in [0.1, 0.15) is 53.2 Å². The minimum Gasteiger partial charge on any atom is -0.497 e. The normalized spacial score (nSPS) is 20.8. The number of benzene rings is 2. The predicted octanol–water partition coefficient (Wildman–Crippen LogP) is 4.12. The van der Waals surface area contributed by atoms with E-state index in [0.29, 0.717) is 0 Å². The van der Waals surface area contributed by atoms with Crippen molar-refractivity contribution < 1.29 is 9.53 Å². The van der Waals surface area contributed by atoms with Gasteiger partial charge in [0.15, 0.2) is 0 Å². The molecule has 5 heteroatoms. The van der Waals surface area contributed by atoms with Gasteiger partial charge in [0.1, 0.15) is 5.75 Å². The van der Waals surface area contributed by atoms with Crippen LogP contribution in [0.3, 0.4) is 0 Å². The molecule has 28 heavy (non-hydrogen) atoms. The summed E-state index contributed by atoms with van der Waals surface area (Å²) < 4.78 is 5.36. The van der Waals surface area contributed by atoms with Gasteiger partial charge in [0, 0.05) is 30.9 Å². The maximum absolute atomic E-state index is 12.6. The fraction of sp³-hybridized carbons (Fsp3) is 0.391. The Labute approximate surface area is 166 Å². The minimum absolute atomic E-state index is 0.0620. The SMILES string of the molecule is CCN1c2ccc(OC)cc2C(C#N)C1c1ccc(C(=O)N2CCCC2)cc1. The van der Waals surface area contributed by atoms with Crippen molar-refractivity contribution in [2.45, 2.75) is 31.7 Å². The lowest BCUT2D eigenvalue weighted by Gasteiger charge is -2.28. The molecular formula is C23H25N3O2. The third kappa shape index (κ3) is 2.99. The maximum atomic E-state index is 12.6. The average molecular weight is 375 g/mol. The minimum atomic E-state index is -0.273. The molecule has 5 nitrogen and oxygen atoms in total. The molecule has 2 atom stereocenters. The number of likely N-dealkylation sites (N-methyl/N-ethyl adjacent to an activating group) is 1. The largest absolute Gasteiger partial charge is 0.497 e. The molecule has 1 saturated heterocycles. The summed E-state index contributed by atoms with van der Waals surface area (Å²) in [5.74, 6) is 0.597. The Balaban J connectivity index is 1.66. The lowest BCUT2D eigenvalue weighted by atomic mass is 9.91. The zero-order valence-electron chi connectivity index (χ0n) is 16.4. The molecule has 0 aromatic heterocycles. The third-order valence-electron chi connectivity index (χ3n) is 5.90. The van der Waals surface area contributed by atoms with Crippen molar-refractivity contribution >= 4 is 11.6 Å². The fourth-order valence-electron chi connectivity index (χ4n) is 4.48. The van der Waals surface area contributed by atoms with Crippen molar-refractivity contribution in [3.8, 4) is 11.8 Å². The number of hydrogen-bond acceptors (Lipinski definition) is 4. The van der Waals surface area contributed by atoms with E-state index in [1.165, 1.54) is 0 Å². The second kappa shape index (κ2) is 7.55. The number of likely N-dealkylation sites (tertiary alicyclic amines) is 1. The van der Waals surface area contributed by atoms with E-state index >= 15 is 0 Å². The van der Waals surface area contributed by atoms with E-state index < -0.39 is 0 Å². The predicted molar refractivity (Wildman–Crippen MR) is 109 cm³/mol. The van der Waals surface area contributed by atoms with Gasteiger partial charge >= 0.3 is 0 Å². The van der Waals surface area contributed by atoms with Crippen molar-refractivity contribution in [3.05, 3.63) is 59.2 Å². The molecule has 2 unspecified atom stereocenters. The van der Waals surface area contributed by atoms with Gasteiger partial charge in [-0.2, -0.15) is 5.26 Å². The van der Waals surface area contributed by atoms with Crippen LogP contribution in [0.5, 0.6) is 5.75 Å². The summed E-state index contributed by atoms with van der Waals surface area (Å²) in [4.78, 5) is 16.8. The van der Waals surface area contributed by atoms with Crippen LogP contribution in [0.2, 0.25) is 0 Å². The summed E-state index contributed by atoms with van der Waals surface area (Å²) in [5, 5.41) is 9.93. The van der Waals surface area contributed by atoms with Crippen LogP contribution in [0.15, 0.2) is 42.5 Å². The zero-order chi connectivity index (χ0) is 19.7. The van der Waals surface area contributed by atoms with Gasteiger partial charge in [-0.1, -0.05) is 12.1 Å². The molecule has 2 heterocycles. The Hall–Kier alpha value is -3.00. The highest BCUT2D eigenvalue weighted by Gasteiger charge is 2.39. The standard InChI is InChI=1S/C23H25N3O2/c1-3-26-21-11-10-18(28-2)14-19(21)20(15-24)22(26)16-6-8-17(9-7-16)23(27)25-12-4-5-13-25/h6-11,14,20,22H,3-5,12-13H2,1-2H3. The van der Waals surface area contributed by atoms with Crippen molar-refractivity contribution in [1.29, 1.82) is 5.26 Å². The van der Waals surface area contributed by atoms with Gasteiger partial charge in [-0.3, -0.25) is 4.79 Å². The maximum Gasteiger partial charge on any atom is 0.253 e. The Morgan fingerprint density at radius 2 is 1.89 bits per heavy atom. The Bertz CT molecular complexity index is 910. The molecule has 1 amide bonds. The van der Waals surface area contributed by atoms with Crippen LogP contribution in [0, 0.1) is 11.3 Å². The van der Waals surface area contributed by atoms with Crippen molar-refractivity contribution in [2.24, 2.45) is 0 Å². The van der Waals surface area contributed by atoms with E-state index in [9.17, 15) is 10.1 Å². The first-order valence-corrected chi connectivity index (χ1v) is 9.91. The van der Waals surface area contributed by atoms with E-state index in [1.807, 2.05) is 47.4 Å². The Morgan fingerprint density at radius 1 is 1.18 bits per heavy atom. The van der Waals surface area contributed by atoms with Crippen molar-refractivity contribution in [1.82, 2.24) is 4.90 Å². The number of hydrogen-bond donors (Lipinski definition) is 0. The summed E-state index contributed by atoms with van der Waals surface area (Å²) in [5.41, 5.74) is 3.86. The van der Waals surface area contributed by atoms with Gasteiger partial charge in [0.25, 0.3) is 5.91 Å². The number of ether oxygens (including phenoxy) is 1. The van der Waals surface area contributed by atoms with Gasteiger partial charge in [-0.15, -0.1) is 0 Å². The molecule has 0 saturated carbocycles. The van der Waals surface area contributed by atoms with Crippen molar-refractivity contribution in [2.75, 3.05) is 31.6 Å². The lowest BCUT2D eigenvalue weighted by molar-refractivity contribution is 0.0793. The quantitative estimate of drug-likeness (QED) is 0.807. The first-order chi connectivity index (χ1) is 13.7. The van der Waals surface area contributed by atoms with E-state index in [-0.39, 0.29) is 17.9 Å². The molecule has 0 aliphatic carbocycles. The molecule has 0 bridgehead atoms. The van der Waals surface area contributed by atoms with Crippen LogP contribution in [-0.2, 0) is 0 Å². The lowest BCUT2D eigenvalue weighted by Crippen LogP contribution is -2.28. The number of carbonyl (C=O) groups excluding carboxylic acids is 1. The number of rotatable bonds is 4. The molecule has 2 aromatic carbocycles. The highest BCUT2D eigenvalue weighted by atomic mass is 16.5. The molecule has 2 aliphatic rings. The topological polar surface area (TPSA) is 56.6 Å². The second-order valence-electron chi connectivity index (χ2n) is 7.38. The average Bonchev–Trinajstić information content (AvgIpc) is 3.38. The van der Waals surface area contributed by atoms with Gasteiger partial charge in [0.05, 0.1) is 25.1 Å². The number of carbonyl (C=O) groups is 1. The monoisotopic (exact) mass is 375 g/mol. The van der Waals surface area contributed by atoms with E-state index in [1.54, 1.807) is 7.11 Å². The first-order valence-electron chi connectivity index (χ1n) is 9.91. The molecular weight excluding hydrogens is 350 g/mol. The fourth-order valence-corrected chi connectivity index (χ4v) is 4.48. The zero-order valence-corrected chi connectivity index (χ0v) is 16.4. The smallest absolute Gasteiger partial charge is 0.253 e. The number of fused-ring (bicyclic) bond motifs is 1. The molecule has 2 aliphatic heterocycles. The number of amides is 1. The molecule has 1 fully saturated rings. The van der Waals surface area contributed by atoms with E-state index in [2.05, 4.69) is 17.9 Å². The summed E-state index contributed by atoms with van der Waals surface area (Å²) >= 11 is 0. The number of nitriles is 1. The van der Waals surface area contributed by atoms with Crippen LogP contribution in [0.4, 0.5) is 5.69 Å². The van der Waals surface area contributed by atoms with Crippen molar-refractivity contribution in [3.63, 3.8) is 0 Å². The molecule has 2 aromatic rings. The van der Waals surface area contributed by atoms with Gasteiger partial charge in [-0.25, -0.2) is 0 Å². The van der Waals surface area contributed by atoms with Crippen LogP contribution < -0.4 is 9.64 Å². The van der Waals surface area contributed by atoms with Gasteiger partial charge in [0.2, 0.25) is 0 Å². The third-order valence-corrected chi connectivity index (χ3v) is 5.90. The van der Waals surface area contributed by atoms with Crippen LogP contribution in [0.25, 0.3) is 0 Å². The highest BCUT2D eigenvalue weighted by molar-refractivity contribution is 5.94. The molecule has 0 spiro atoms. The second-order valence-corrected chi connectivity index (χ2v) is 7.38. The molecule has 0 radical (unpaired) electrons. The van der Waals surface area contributed by atoms with Gasteiger partial charge in [-0.05, 0) is 61.2 Å². The number of methoxy groups -OCH3 is 1. The van der Waals surface area contributed by atoms with Gasteiger partial charge < -0.3 is 14.5 Å². The summed E-state index contributed by atoms with van der Waals surface area (Å²) in [6.07, 6.45) is 2.17. The molecule has 0 N–H and O–H groups in total. The number of nitrogens with zero attached hydrogens (tertiary/aromatic N) is 3. The summed E-state index contributed by atoms with van der Waals surface area (Å²) in [7, 11) is 1.64. The Kier molecular flexibility index (Phi) is 4.95. The van der Waals surface area contributed by atoms with E-state index in [4.69, 9.17) is 4.74 Å². The Morgan fingerprint density at radius 3 is 2.50 bits per heavy atom. The molecule has 144 valence electrons. The number of anilines is 1. The van der Waals surface area contributed by atoms with Crippen LogP contribution >= 0.6 is 0 Å². The van der Waals surface area contributed by atoms with E-state index in [0.717, 1.165) is 60.6 Å². The highest BCUT2D eigenvalue weighted by Crippen LogP contribution is 2.49. The van der Waals surface area contributed by atoms with Crippen LogP contribution in [-0.4, -0.2) is 37.6 Å². The first kappa shape index (κ1) is 18.4. The molecule has 4 rings (SSSR count).